The third kappa shape index (κ3) is 9.50. The van der Waals surface area contributed by atoms with Gasteiger partial charge in [0.2, 0.25) is 16.0 Å². The monoisotopic (exact) mass is 924 g/mol. The number of anilines is 4. The Morgan fingerprint density at radius 2 is 1.05 bits per heavy atom. The Morgan fingerprint density at radius 1 is 0.523 bits per heavy atom. The molecule has 2 aliphatic rings. The summed E-state index contributed by atoms with van der Waals surface area (Å²) in [5, 5.41) is 5.34. The number of hydrogen-bond donors (Lipinski definition) is 0. The number of allylic oxidation sites excluding steroid dienone is 3. The van der Waals surface area contributed by atoms with Crippen molar-refractivity contribution in [1.82, 2.24) is 0 Å². The molecule has 0 N–H and O–H groups in total. The number of aryl methyl sites for hydroxylation is 2. The van der Waals surface area contributed by atoms with Gasteiger partial charge in [-0.25, -0.2) is 0 Å². The molecule has 0 amide bonds. The summed E-state index contributed by atoms with van der Waals surface area (Å²) in [7, 11) is 4.42. The van der Waals surface area contributed by atoms with Crippen molar-refractivity contribution in [2.24, 2.45) is 14.1 Å². The van der Waals surface area contributed by atoms with Crippen molar-refractivity contribution in [3.8, 4) is 0 Å². The predicted octanol–water partition coefficient (Wildman–Crippen LogP) is 15.5. The fourth-order valence-corrected chi connectivity index (χ4v) is 13.9. The highest BCUT2D eigenvalue weighted by molar-refractivity contribution is 8.03. The largest absolute Gasteiger partial charge is 0.305 e. The van der Waals surface area contributed by atoms with Crippen LogP contribution in [0.5, 0.6) is 0 Å². The van der Waals surface area contributed by atoms with Crippen molar-refractivity contribution in [1.29, 1.82) is 0 Å². The molecule has 1 atom stereocenters. The molecule has 4 heterocycles. The van der Waals surface area contributed by atoms with Crippen LogP contribution in [0, 0.1) is 0 Å². The van der Waals surface area contributed by atoms with Crippen LogP contribution in [0.3, 0.4) is 0 Å². The van der Waals surface area contributed by atoms with Crippen LogP contribution in [0.4, 0.5) is 22.7 Å². The molecular formula is C57H56N4S4+2. The van der Waals surface area contributed by atoms with Crippen LogP contribution in [-0.2, 0) is 20.5 Å². The highest BCUT2D eigenvalue weighted by Crippen LogP contribution is 2.47. The number of nitrogens with zero attached hydrogens (tertiary/aromatic N) is 4. The molecule has 2 aromatic heterocycles. The van der Waals surface area contributed by atoms with Crippen LogP contribution in [0.15, 0.2) is 180 Å². The lowest BCUT2D eigenvalue weighted by molar-refractivity contribution is -0.648. The van der Waals surface area contributed by atoms with Crippen LogP contribution in [0.1, 0.15) is 72.0 Å². The zero-order valence-electron chi connectivity index (χ0n) is 37.3. The van der Waals surface area contributed by atoms with Crippen molar-refractivity contribution in [2.75, 3.05) is 21.3 Å². The summed E-state index contributed by atoms with van der Waals surface area (Å²) in [6, 6.07) is 57.3. The van der Waals surface area contributed by atoms with Gasteiger partial charge in [-0.2, -0.15) is 9.13 Å². The summed E-state index contributed by atoms with van der Waals surface area (Å²) < 4.78 is 7.40. The molecule has 4 nitrogen and oxygen atoms in total. The number of aromatic nitrogens is 2. The van der Waals surface area contributed by atoms with E-state index in [-0.39, 0.29) is 0 Å². The Morgan fingerprint density at radius 3 is 1.71 bits per heavy atom. The first-order chi connectivity index (χ1) is 32.1. The molecule has 0 fully saturated rings. The van der Waals surface area contributed by atoms with Crippen LogP contribution in [0.2, 0.25) is 0 Å². The molecule has 326 valence electrons. The Bertz CT molecular complexity index is 3000. The van der Waals surface area contributed by atoms with Crippen LogP contribution < -0.4 is 18.9 Å². The number of para-hydroxylation sites is 6. The molecule has 65 heavy (non-hydrogen) atoms. The van der Waals surface area contributed by atoms with Gasteiger partial charge in [0.05, 0.1) is 27.9 Å². The average Bonchev–Trinajstić information content (AvgIpc) is 3.84. The summed E-state index contributed by atoms with van der Waals surface area (Å²) in [4.78, 5) is 4.97. The van der Waals surface area contributed by atoms with Crippen molar-refractivity contribution in [3.05, 3.63) is 201 Å². The van der Waals surface area contributed by atoms with Gasteiger partial charge in [0.15, 0.2) is 0 Å². The lowest BCUT2D eigenvalue weighted by Crippen LogP contribution is -2.32. The fraction of sp³-hybridized carbons (Fsp3) is 0.228. The number of fused-ring (bicyclic) bond motifs is 4. The Labute approximate surface area is 401 Å². The smallest absolute Gasteiger partial charge is 0.263 e. The second-order valence-corrected chi connectivity index (χ2v) is 21.4. The number of hydrogen-bond acceptors (Lipinski definition) is 6. The molecule has 8 heteroatoms. The molecule has 8 aromatic rings. The molecule has 0 aliphatic carbocycles. The van der Waals surface area contributed by atoms with Gasteiger partial charge in [-0.1, -0.05) is 152 Å². The highest BCUT2D eigenvalue weighted by atomic mass is 32.2. The van der Waals surface area contributed by atoms with E-state index in [0.29, 0.717) is 5.92 Å². The normalized spacial score (nSPS) is 15.4. The molecule has 0 spiro atoms. The Balaban J connectivity index is 0.748. The minimum absolute atomic E-state index is 0.326. The predicted molar refractivity (Wildman–Crippen MR) is 284 cm³/mol. The number of thioether (sulfide) groups is 2. The molecule has 2 aliphatic heterocycles. The van der Waals surface area contributed by atoms with Crippen molar-refractivity contribution < 1.29 is 9.13 Å². The summed E-state index contributed by atoms with van der Waals surface area (Å²) in [6.45, 7) is 0. The molecule has 0 bridgehead atoms. The first-order valence-corrected chi connectivity index (χ1v) is 26.7. The van der Waals surface area contributed by atoms with Gasteiger partial charge in [-0.15, -0.1) is 23.5 Å². The van der Waals surface area contributed by atoms with E-state index in [2.05, 4.69) is 209 Å². The van der Waals surface area contributed by atoms with Crippen LogP contribution in [0.25, 0.3) is 32.1 Å². The molecule has 0 radical (unpaired) electrons. The Kier molecular flexibility index (Phi) is 13.7. The first kappa shape index (κ1) is 43.5. The number of rotatable bonds is 17. The second kappa shape index (κ2) is 20.4. The zero-order chi connectivity index (χ0) is 44.0. The third-order valence-corrected chi connectivity index (χ3v) is 17.3. The topological polar surface area (TPSA) is 14.2 Å². The van der Waals surface area contributed by atoms with E-state index in [0.717, 1.165) is 17.9 Å². The van der Waals surface area contributed by atoms with Gasteiger partial charge >= 0.3 is 0 Å². The summed E-state index contributed by atoms with van der Waals surface area (Å²) in [5.74, 6) is 2.56. The molecule has 0 saturated heterocycles. The van der Waals surface area contributed by atoms with E-state index in [9.17, 15) is 0 Å². The van der Waals surface area contributed by atoms with E-state index in [1.165, 1.54) is 125 Å². The lowest BCUT2D eigenvalue weighted by atomic mass is 9.91. The van der Waals surface area contributed by atoms with Gasteiger partial charge in [0.25, 0.3) is 5.01 Å². The molecule has 1 unspecified atom stereocenters. The number of unbranched alkanes of at least 4 members (excludes halogenated alkanes) is 6. The molecule has 0 saturated carbocycles. The quantitative estimate of drug-likeness (QED) is 0.0667. The minimum Gasteiger partial charge on any atom is -0.305 e. The van der Waals surface area contributed by atoms with Crippen molar-refractivity contribution in [3.63, 3.8) is 0 Å². The fourth-order valence-electron chi connectivity index (χ4n) is 9.30. The SMILES string of the molecule is C[n+]1c(/C=C2\C=C(SCCCCCCCCCSC3=CC(Cc4sc5ccccc5[n+]4C)c4ccccc4N3c3ccccc3)N(c3ccccc3)c3ccccc32)sc2ccccc21. The molecule has 10 rings (SSSR count). The van der Waals surface area contributed by atoms with Gasteiger partial charge < -0.3 is 9.80 Å². The lowest BCUT2D eigenvalue weighted by Gasteiger charge is -2.35. The van der Waals surface area contributed by atoms with E-state index < -0.39 is 0 Å². The standard InChI is InChI=1S/C57H56N4S4/c1-58-50-32-18-20-34-52(50)64-54(58)38-42-40-56(60(44-24-10-8-11-25-44)48-30-16-14-28-46(42)48)62-36-22-6-4-3-5-7-23-37-63-57-41-43(39-55-59(2)51-33-19-21-35-53(51)65-55)47-29-15-17-31-49(47)61(57)45-26-12-9-13-27-45/h8-21,24-35,38,40-41,43H,3-7,22-23,36-37,39H2,1-2H3/q+2. The number of thiazole rings is 2. The van der Waals surface area contributed by atoms with E-state index in [4.69, 9.17) is 0 Å². The van der Waals surface area contributed by atoms with Crippen LogP contribution >= 0.6 is 46.2 Å². The van der Waals surface area contributed by atoms with Gasteiger partial charge in [0, 0.05) is 41.1 Å². The van der Waals surface area contributed by atoms with Gasteiger partial charge in [-0.05, 0) is 96.2 Å². The van der Waals surface area contributed by atoms with Gasteiger partial charge in [-0.3, -0.25) is 0 Å². The maximum Gasteiger partial charge on any atom is 0.263 e. The second-order valence-electron chi connectivity index (χ2n) is 17.0. The average molecular weight is 925 g/mol. The van der Waals surface area contributed by atoms with E-state index in [1.54, 1.807) is 0 Å². The van der Waals surface area contributed by atoms with E-state index >= 15 is 0 Å². The summed E-state index contributed by atoms with van der Waals surface area (Å²) >= 11 is 7.84. The summed E-state index contributed by atoms with van der Waals surface area (Å²) in [6.07, 6.45) is 17.3. The van der Waals surface area contributed by atoms with Crippen LogP contribution in [-0.4, -0.2) is 11.5 Å². The van der Waals surface area contributed by atoms with Crippen molar-refractivity contribution in [2.45, 2.75) is 57.3 Å². The minimum atomic E-state index is 0.326. The summed E-state index contributed by atoms with van der Waals surface area (Å²) in [5.41, 5.74) is 11.5. The number of benzene rings is 6. The Hall–Kier alpha value is -5.38. The highest BCUT2D eigenvalue weighted by Gasteiger charge is 2.31. The van der Waals surface area contributed by atoms with Crippen molar-refractivity contribution >= 4 is 101 Å². The molecule has 6 aromatic carbocycles. The van der Waals surface area contributed by atoms with E-state index in [1.807, 2.05) is 46.2 Å². The zero-order valence-corrected chi connectivity index (χ0v) is 40.6. The maximum absolute atomic E-state index is 2.56. The first-order valence-electron chi connectivity index (χ1n) is 23.1. The maximum atomic E-state index is 2.56. The third-order valence-electron chi connectivity index (χ3n) is 12.7. The van der Waals surface area contributed by atoms with Gasteiger partial charge in [0.1, 0.15) is 23.5 Å². The molecular weight excluding hydrogens is 869 g/mol.